The number of benzene rings is 1. The highest BCUT2D eigenvalue weighted by Gasteiger charge is 2.48. The summed E-state index contributed by atoms with van der Waals surface area (Å²) < 4.78 is 5.16. The molecule has 1 aromatic carbocycles. The van der Waals surface area contributed by atoms with E-state index in [9.17, 15) is 4.79 Å². The van der Waals surface area contributed by atoms with E-state index in [0.29, 0.717) is 5.02 Å². The topological polar surface area (TPSA) is 51.2 Å². The fourth-order valence-electron chi connectivity index (χ4n) is 3.70. The summed E-state index contributed by atoms with van der Waals surface area (Å²) in [6.45, 7) is 4.00. The standard InChI is InChI=1S/C20H21ClN2O2/c1-13-11-16(15-8-4-5-9-17(15)21)18(19(24)25-3)20(2,23-13)14-7-6-10-22-12-14/h4-12,16,18,23H,1-3H3. The lowest BCUT2D eigenvalue weighted by Gasteiger charge is -2.45. The Bertz CT molecular complexity index is 806. The van der Waals surface area contributed by atoms with Gasteiger partial charge >= 0.3 is 5.97 Å². The first-order valence-corrected chi connectivity index (χ1v) is 8.54. The van der Waals surface area contributed by atoms with Crippen molar-refractivity contribution in [3.8, 4) is 0 Å². The Morgan fingerprint density at radius 3 is 2.68 bits per heavy atom. The molecule has 3 atom stereocenters. The van der Waals surface area contributed by atoms with Gasteiger partial charge in [0.15, 0.2) is 0 Å². The van der Waals surface area contributed by atoms with Crippen LogP contribution in [0.1, 0.15) is 30.9 Å². The van der Waals surface area contributed by atoms with Crippen LogP contribution in [-0.4, -0.2) is 18.1 Å². The van der Waals surface area contributed by atoms with Gasteiger partial charge in [0.2, 0.25) is 0 Å². The van der Waals surface area contributed by atoms with Crippen molar-refractivity contribution in [3.63, 3.8) is 0 Å². The number of nitrogens with zero attached hydrogens (tertiary/aromatic N) is 1. The molecule has 2 heterocycles. The van der Waals surface area contributed by atoms with E-state index in [4.69, 9.17) is 16.3 Å². The van der Waals surface area contributed by atoms with Crippen LogP contribution in [0.15, 0.2) is 60.6 Å². The highest BCUT2D eigenvalue weighted by Crippen LogP contribution is 2.45. The van der Waals surface area contributed by atoms with Crippen LogP contribution in [-0.2, 0) is 15.1 Å². The minimum Gasteiger partial charge on any atom is -0.469 e. The van der Waals surface area contributed by atoms with Crippen LogP contribution in [0.4, 0.5) is 0 Å². The van der Waals surface area contributed by atoms with Crippen molar-refractivity contribution in [2.24, 2.45) is 5.92 Å². The number of halogens is 1. The summed E-state index contributed by atoms with van der Waals surface area (Å²) in [6.07, 6.45) is 5.54. The number of carbonyl (C=O) groups excluding carboxylic acids is 1. The first-order valence-electron chi connectivity index (χ1n) is 8.16. The lowest BCUT2D eigenvalue weighted by atomic mass is 9.68. The summed E-state index contributed by atoms with van der Waals surface area (Å²) in [4.78, 5) is 17.0. The number of carbonyl (C=O) groups is 1. The number of allylic oxidation sites excluding steroid dienone is 2. The molecule has 0 radical (unpaired) electrons. The molecule has 3 rings (SSSR count). The van der Waals surface area contributed by atoms with Crippen molar-refractivity contribution in [1.82, 2.24) is 10.3 Å². The Morgan fingerprint density at radius 1 is 1.28 bits per heavy atom. The van der Waals surface area contributed by atoms with Crippen LogP contribution in [0, 0.1) is 5.92 Å². The van der Waals surface area contributed by atoms with Crippen LogP contribution >= 0.6 is 11.6 Å². The molecule has 0 saturated carbocycles. The molecule has 1 aliphatic heterocycles. The van der Waals surface area contributed by atoms with Gasteiger partial charge in [0, 0.05) is 29.0 Å². The molecule has 0 amide bonds. The van der Waals surface area contributed by atoms with Gasteiger partial charge in [0.25, 0.3) is 0 Å². The number of nitrogens with one attached hydrogen (secondary N) is 1. The van der Waals surface area contributed by atoms with E-state index in [1.807, 2.05) is 56.3 Å². The van der Waals surface area contributed by atoms with E-state index in [1.54, 1.807) is 12.4 Å². The normalized spacial score (nSPS) is 25.7. The monoisotopic (exact) mass is 356 g/mol. The van der Waals surface area contributed by atoms with Gasteiger partial charge in [0.05, 0.1) is 18.6 Å². The first kappa shape index (κ1) is 17.5. The summed E-state index contributed by atoms with van der Waals surface area (Å²) in [5.74, 6) is -0.967. The summed E-state index contributed by atoms with van der Waals surface area (Å²) in [6, 6.07) is 11.5. The molecule has 0 aliphatic carbocycles. The zero-order valence-electron chi connectivity index (χ0n) is 14.5. The third-order valence-corrected chi connectivity index (χ3v) is 5.19. The van der Waals surface area contributed by atoms with E-state index in [1.165, 1.54) is 7.11 Å². The number of pyridine rings is 1. The molecule has 0 saturated heterocycles. The Hall–Kier alpha value is -2.33. The molecule has 1 aromatic heterocycles. The average molecular weight is 357 g/mol. The third-order valence-electron chi connectivity index (χ3n) is 4.85. The SMILES string of the molecule is COC(=O)C1C(c2ccccc2Cl)C=C(C)NC1(C)c1cccnc1. The molecular formula is C20H21ClN2O2. The number of hydrogen-bond donors (Lipinski definition) is 1. The Kier molecular flexibility index (Phi) is 4.82. The summed E-state index contributed by atoms with van der Waals surface area (Å²) in [5.41, 5.74) is 2.16. The number of aromatic nitrogens is 1. The van der Waals surface area contributed by atoms with Gasteiger partial charge in [-0.1, -0.05) is 41.9 Å². The fraction of sp³-hybridized carbons (Fsp3) is 0.300. The molecule has 5 heteroatoms. The third kappa shape index (κ3) is 3.14. The van der Waals surface area contributed by atoms with E-state index >= 15 is 0 Å². The number of rotatable bonds is 3. The maximum Gasteiger partial charge on any atom is 0.312 e. The molecule has 0 fully saturated rings. The second-order valence-electron chi connectivity index (χ2n) is 6.47. The van der Waals surface area contributed by atoms with Crippen LogP contribution < -0.4 is 5.32 Å². The van der Waals surface area contributed by atoms with Crippen molar-refractivity contribution in [3.05, 3.63) is 76.7 Å². The van der Waals surface area contributed by atoms with Gasteiger partial charge in [0.1, 0.15) is 0 Å². The quantitative estimate of drug-likeness (QED) is 0.843. The van der Waals surface area contributed by atoms with E-state index < -0.39 is 11.5 Å². The van der Waals surface area contributed by atoms with Crippen molar-refractivity contribution >= 4 is 17.6 Å². The van der Waals surface area contributed by atoms with E-state index in [0.717, 1.165) is 16.8 Å². The smallest absolute Gasteiger partial charge is 0.312 e. The summed E-state index contributed by atoms with van der Waals surface area (Å²) in [5, 5.41) is 4.11. The Labute approximate surface area is 152 Å². The Morgan fingerprint density at radius 2 is 2.04 bits per heavy atom. The van der Waals surface area contributed by atoms with Crippen molar-refractivity contribution in [2.45, 2.75) is 25.3 Å². The molecule has 1 N–H and O–H groups in total. The average Bonchev–Trinajstić information content (AvgIpc) is 2.61. The maximum atomic E-state index is 12.8. The van der Waals surface area contributed by atoms with E-state index in [2.05, 4.69) is 10.3 Å². The molecule has 0 bridgehead atoms. The highest BCUT2D eigenvalue weighted by atomic mass is 35.5. The molecule has 4 nitrogen and oxygen atoms in total. The van der Waals surface area contributed by atoms with Crippen LogP contribution in [0.2, 0.25) is 5.02 Å². The molecule has 0 spiro atoms. The fourth-order valence-corrected chi connectivity index (χ4v) is 3.96. The van der Waals surface area contributed by atoms with Gasteiger partial charge in [-0.25, -0.2) is 0 Å². The number of esters is 1. The summed E-state index contributed by atoms with van der Waals surface area (Å²) in [7, 11) is 1.42. The van der Waals surface area contributed by atoms with Crippen LogP contribution in [0.5, 0.6) is 0 Å². The molecule has 130 valence electrons. The number of methoxy groups -OCH3 is 1. The van der Waals surface area contributed by atoms with Gasteiger partial charge in [-0.2, -0.15) is 0 Å². The lowest BCUT2D eigenvalue weighted by Crippen LogP contribution is -2.53. The second-order valence-corrected chi connectivity index (χ2v) is 6.87. The Balaban J connectivity index is 2.19. The van der Waals surface area contributed by atoms with Crippen LogP contribution in [0.3, 0.4) is 0 Å². The van der Waals surface area contributed by atoms with Gasteiger partial charge in [-0.15, -0.1) is 0 Å². The maximum absolute atomic E-state index is 12.8. The molecule has 25 heavy (non-hydrogen) atoms. The zero-order chi connectivity index (χ0) is 18.0. The van der Waals surface area contributed by atoms with Crippen LogP contribution in [0.25, 0.3) is 0 Å². The van der Waals surface area contributed by atoms with Crippen molar-refractivity contribution in [2.75, 3.05) is 7.11 Å². The van der Waals surface area contributed by atoms with Crippen molar-refractivity contribution < 1.29 is 9.53 Å². The number of ether oxygens (including phenoxy) is 1. The minimum atomic E-state index is -0.663. The van der Waals surface area contributed by atoms with Crippen molar-refractivity contribution in [1.29, 1.82) is 0 Å². The highest BCUT2D eigenvalue weighted by molar-refractivity contribution is 6.31. The zero-order valence-corrected chi connectivity index (χ0v) is 15.2. The molecule has 3 unspecified atom stereocenters. The minimum absolute atomic E-state index is 0.201. The van der Waals surface area contributed by atoms with Gasteiger partial charge < -0.3 is 10.1 Å². The molecular weight excluding hydrogens is 336 g/mol. The van der Waals surface area contributed by atoms with Gasteiger partial charge in [-0.05, 0) is 37.1 Å². The summed E-state index contributed by atoms with van der Waals surface area (Å²) >= 11 is 6.44. The lowest BCUT2D eigenvalue weighted by molar-refractivity contribution is -0.149. The predicted molar refractivity (Wildman–Crippen MR) is 98.2 cm³/mol. The predicted octanol–water partition coefficient (Wildman–Crippen LogP) is 4.03. The van der Waals surface area contributed by atoms with E-state index in [-0.39, 0.29) is 11.9 Å². The molecule has 1 aliphatic rings. The van der Waals surface area contributed by atoms with Gasteiger partial charge in [-0.3, -0.25) is 9.78 Å². The largest absolute Gasteiger partial charge is 0.469 e. The molecule has 2 aromatic rings. The first-order chi connectivity index (χ1) is 12.0. The second kappa shape index (κ2) is 6.89. The number of hydrogen-bond acceptors (Lipinski definition) is 4.